The maximum atomic E-state index is 12.7. The van der Waals surface area contributed by atoms with Crippen molar-refractivity contribution in [1.29, 1.82) is 0 Å². The lowest BCUT2D eigenvalue weighted by Gasteiger charge is -2.35. The summed E-state index contributed by atoms with van der Waals surface area (Å²) in [4.78, 5) is 26.1. The van der Waals surface area contributed by atoms with E-state index in [4.69, 9.17) is 5.73 Å². The van der Waals surface area contributed by atoms with Crippen LogP contribution in [0, 0.1) is 5.92 Å². The molecule has 1 aliphatic heterocycles. The van der Waals surface area contributed by atoms with E-state index in [9.17, 15) is 9.59 Å². The van der Waals surface area contributed by atoms with Gasteiger partial charge in [-0.2, -0.15) is 0 Å². The smallest absolute Gasteiger partial charge is 0.237 e. The van der Waals surface area contributed by atoms with Crippen LogP contribution < -0.4 is 11.1 Å². The Labute approximate surface area is 144 Å². The standard InChI is InChI=1S/C19H29N3O2/c1-3-7-17(15-8-5-4-6-9-15)21-19(24)14(2)22-12-10-16(11-13-22)18(20)23/h4-6,8-9,14,16-17H,3,7,10-13H2,1-2H3,(H2,20,23)(H,21,24)/t14-,17-/m0/s1. The van der Waals surface area contributed by atoms with Crippen LogP contribution >= 0.6 is 0 Å². The second kappa shape index (κ2) is 8.83. The summed E-state index contributed by atoms with van der Waals surface area (Å²) in [6.07, 6.45) is 3.42. The second-order valence-corrected chi connectivity index (χ2v) is 6.65. The van der Waals surface area contributed by atoms with Crippen molar-refractivity contribution < 1.29 is 9.59 Å². The fourth-order valence-corrected chi connectivity index (χ4v) is 3.33. The predicted octanol–water partition coefficient (Wildman–Crippen LogP) is 2.23. The van der Waals surface area contributed by atoms with Gasteiger partial charge < -0.3 is 11.1 Å². The molecule has 1 aliphatic rings. The minimum atomic E-state index is -0.223. The van der Waals surface area contributed by atoms with Crippen molar-refractivity contribution in [3.05, 3.63) is 35.9 Å². The lowest BCUT2D eigenvalue weighted by molar-refractivity contribution is -0.128. The number of rotatable bonds is 7. The first-order chi connectivity index (χ1) is 11.5. The zero-order valence-electron chi connectivity index (χ0n) is 14.7. The van der Waals surface area contributed by atoms with Gasteiger partial charge in [0.1, 0.15) is 0 Å². The Kier molecular flexibility index (Phi) is 6.79. The van der Waals surface area contributed by atoms with Crippen molar-refractivity contribution in [1.82, 2.24) is 10.2 Å². The molecule has 0 spiro atoms. The van der Waals surface area contributed by atoms with Crippen LogP contribution in [0.5, 0.6) is 0 Å². The molecule has 5 heteroatoms. The Bertz CT molecular complexity index is 539. The number of hydrogen-bond acceptors (Lipinski definition) is 3. The van der Waals surface area contributed by atoms with E-state index in [0.29, 0.717) is 0 Å². The molecule has 1 fully saturated rings. The summed E-state index contributed by atoms with van der Waals surface area (Å²) in [6, 6.07) is 9.97. The third kappa shape index (κ3) is 4.81. The highest BCUT2D eigenvalue weighted by Crippen LogP contribution is 2.21. The number of benzene rings is 1. The van der Waals surface area contributed by atoms with Crippen LogP contribution in [-0.4, -0.2) is 35.8 Å². The van der Waals surface area contributed by atoms with E-state index in [-0.39, 0.29) is 29.8 Å². The molecule has 2 rings (SSSR count). The minimum Gasteiger partial charge on any atom is -0.369 e. The van der Waals surface area contributed by atoms with Crippen molar-refractivity contribution in [2.24, 2.45) is 11.7 Å². The van der Waals surface area contributed by atoms with E-state index < -0.39 is 0 Å². The van der Waals surface area contributed by atoms with Gasteiger partial charge in [0.15, 0.2) is 0 Å². The monoisotopic (exact) mass is 331 g/mol. The number of primary amides is 1. The molecular weight excluding hydrogens is 302 g/mol. The van der Waals surface area contributed by atoms with E-state index in [1.807, 2.05) is 25.1 Å². The molecule has 0 radical (unpaired) electrons. The van der Waals surface area contributed by atoms with Crippen LogP contribution in [-0.2, 0) is 9.59 Å². The molecule has 0 bridgehead atoms. The lowest BCUT2D eigenvalue weighted by atomic mass is 9.95. The molecule has 1 aromatic rings. The molecule has 1 saturated heterocycles. The molecule has 2 amide bonds. The SMILES string of the molecule is CCC[C@H](NC(=O)[C@H](C)N1CCC(C(N)=O)CC1)c1ccccc1. The van der Waals surface area contributed by atoms with Gasteiger partial charge in [-0.15, -0.1) is 0 Å². The Morgan fingerprint density at radius 3 is 2.42 bits per heavy atom. The second-order valence-electron chi connectivity index (χ2n) is 6.65. The van der Waals surface area contributed by atoms with Gasteiger partial charge in [-0.05, 0) is 44.8 Å². The fourth-order valence-electron chi connectivity index (χ4n) is 3.33. The van der Waals surface area contributed by atoms with Crippen LogP contribution in [0.25, 0.3) is 0 Å². The third-order valence-corrected chi connectivity index (χ3v) is 4.95. The average Bonchev–Trinajstić information content (AvgIpc) is 2.61. The Morgan fingerprint density at radius 2 is 1.88 bits per heavy atom. The molecule has 24 heavy (non-hydrogen) atoms. The summed E-state index contributed by atoms with van der Waals surface area (Å²) < 4.78 is 0. The Balaban J connectivity index is 1.93. The maximum absolute atomic E-state index is 12.7. The van der Waals surface area contributed by atoms with E-state index in [1.54, 1.807) is 0 Å². The van der Waals surface area contributed by atoms with E-state index >= 15 is 0 Å². The number of carbonyl (C=O) groups excluding carboxylic acids is 2. The Hall–Kier alpha value is -1.88. The van der Waals surface area contributed by atoms with Gasteiger partial charge in [0.25, 0.3) is 0 Å². The normalized spacial score (nSPS) is 18.8. The number of nitrogens with two attached hydrogens (primary N) is 1. The zero-order chi connectivity index (χ0) is 17.5. The lowest BCUT2D eigenvalue weighted by Crippen LogP contribution is -2.50. The average molecular weight is 331 g/mol. The molecule has 0 aromatic heterocycles. The Morgan fingerprint density at radius 1 is 1.25 bits per heavy atom. The number of likely N-dealkylation sites (tertiary alicyclic amines) is 1. The quantitative estimate of drug-likeness (QED) is 0.804. The van der Waals surface area contributed by atoms with Crippen molar-refractivity contribution >= 4 is 11.8 Å². The van der Waals surface area contributed by atoms with Gasteiger partial charge in [-0.25, -0.2) is 0 Å². The first-order valence-corrected chi connectivity index (χ1v) is 8.91. The van der Waals surface area contributed by atoms with Crippen LogP contribution in [0.1, 0.15) is 51.1 Å². The highest BCUT2D eigenvalue weighted by Gasteiger charge is 2.29. The van der Waals surface area contributed by atoms with Crippen LogP contribution in [0.15, 0.2) is 30.3 Å². The van der Waals surface area contributed by atoms with Crippen LogP contribution in [0.3, 0.4) is 0 Å². The molecule has 1 heterocycles. The van der Waals surface area contributed by atoms with E-state index in [2.05, 4.69) is 29.3 Å². The molecule has 2 atom stereocenters. The fraction of sp³-hybridized carbons (Fsp3) is 0.579. The predicted molar refractivity (Wildman–Crippen MR) is 95.2 cm³/mol. The maximum Gasteiger partial charge on any atom is 0.237 e. The summed E-state index contributed by atoms with van der Waals surface area (Å²) in [7, 11) is 0. The molecule has 3 N–H and O–H groups in total. The summed E-state index contributed by atoms with van der Waals surface area (Å²) in [5.41, 5.74) is 6.52. The van der Waals surface area contributed by atoms with Gasteiger partial charge in [-0.3, -0.25) is 14.5 Å². The summed E-state index contributed by atoms with van der Waals surface area (Å²) in [5, 5.41) is 3.19. The molecule has 132 valence electrons. The zero-order valence-corrected chi connectivity index (χ0v) is 14.7. The molecule has 0 aliphatic carbocycles. The van der Waals surface area contributed by atoms with Gasteiger partial charge >= 0.3 is 0 Å². The third-order valence-electron chi connectivity index (χ3n) is 4.95. The summed E-state index contributed by atoms with van der Waals surface area (Å²) in [5.74, 6) is -0.220. The number of carbonyl (C=O) groups is 2. The van der Waals surface area contributed by atoms with Gasteiger partial charge in [0.05, 0.1) is 12.1 Å². The number of nitrogens with zero attached hydrogens (tertiary/aromatic N) is 1. The number of amides is 2. The molecule has 5 nitrogen and oxygen atoms in total. The van der Waals surface area contributed by atoms with Crippen molar-refractivity contribution in [3.63, 3.8) is 0 Å². The van der Waals surface area contributed by atoms with E-state index in [0.717, 1.165) is 44.3 Å². The largest absolute Gasteiger partial charge is 0.369 e. The summed E-state index contributed by atoms with van der Waals surface area (Å²) in [6.45, 7) is 5.55. The van der Waals surface area contributed by atoms with Gasteiger partial charge in [-0.1, -0.05) is 43.7 Å². The number of piperidine rings is 1. The molecule has 1 aromatic carbocycles. The van der Waals surface area contributed by atoms with Crippen LogP contribution in [0.4, 0.5) is 0 Å². The molecule has 0 saturated carbocycles. The van der Waals surface area contributed by atoms with Crippen molar-refractivity contribution in [3.8, 4) is 0 Å². The highest BCUT2D eigenvalue weighted by molar-refractivity contribution is 5.82. The number of hydrogen-bond donors (Lipinski definition) is 2. The summed E-state index contributed by atoms with van der Waals surface area (Å²) >= 11 is 0. The number of nitrogens with one attached hydrogen (secondary N) is 1. The van der Waals surface area contributed by atoms with Crippen molar-refractivity contribution in [2.45, 2.75) is 51.6 Å². The first-order valence-electron chi connectivity index (χ1n) is 8.91. The first kappa shape index (κ1) is 18.5. The van der Waals surface area contributed by atoms with Gasteiger partial charge in [0, 0.05) is 5.92 Å². The topological polar surface area (TPSA) is 75.4 Å². The van der Waals surface area contributed by atoms with Gasteiger partial charge in [0.2, 0.25) is 11.8 Å². The van der Waals surface area contributed by atoms with E-state index in [1.165, 1.54) is 0 Å². The van der Waals surface area contributed by atoms with Crippen LogP contribution in [0.2, 0.25) is 0 Å². The molecule has 0 unspecified atom stereocenters. The van der Waals surface area contributed by atoms with Crippen molar-refractivity contribution in [2.75, 3.05) is 13.1 Å². The highest BCUT2D eigenvalue weighted by atomic mass is 16.2. The molecular formula is C19H29N3O2. The minimum absolute atomic E-state index is 0.0475.